The van der Waals surface area contributed by atoms with Crippen LogP contribution in [0.4, 0.5) is 5.69 Å². The second kappa shape index (κ2) is 11.5. The quantitative estimate of drug-likeness (QED) is 0.175. The smallest absolute Gasteiger partial charge is 0.256 e. The van der Waals surface area contributed by atoms with Crippen molar-refractivity contribution >= 4 is 40.4 Å². The Morgan fingerprint density at radius 2 is 1.92 bits per heavy atom. The number of ketones is 1. The average Bonchev–Trinajstić information content (AvgIpc) is 3.63. The van der Waals surface area contributed by atoms with Crippen LogP contribution in [0.25, 0.3) is 33.6 Å². The predicted octanol–water partition coefficient (Wildman–Crippen LogP) is 6.61. The van der Waals surface area contributed by atoms with Crippen LogP contribution in [0.15, 0.2) is 48.0 Å². The highest BCUT2D eigenvalue weighted by Gasteiger charge is 2.26. The largest absolute Gasteiger partial charge is 0.358 e. The molecule has 0 unspecified atom stereocenters. The SMILES string of the molecule is CCN(CC)CCCC(=O)c1c(C)[nH]c(/C=C2\C(=O)Nc3ccc(-c4csc(-c5ccccn5)n4)cc32)c1C. The van der Waals surface area contributed by atoms with Crippen molar-refractivity contribution in [2.45, 2.75) is 40.5 Å². The number of H-pyrrole nitrogens is 1. The Balaban J connectivity index is 1.41. The first-order valence-electron chi connectivity index (χ1n) is 13.4. The highest BCUT2D eigenvalue weighted by atomic mass is 32.1. The Kier molecular flexibility index (Phi) is 7.86. The minimum absolute atomic E-state index is 0.142. The molecule has 2 N–H and O–H groups in total. The van der Waals surface area contributed by atoms with Crippen molar-refractivity contribution in [1.82, 2.24) is 19.9 Å². The number of hydrogen-bond donors (Lipinski definition) is 2. The molecule has 3 aromatic heterocycles. The summed E-state index contributed by atoms with van der Waals surface area (Å²) in [7, 11) is 0. The van der Waals surface area contributed by atoms with Gasteiger partial charge in [-0.2, -0.15) is 0 Å². The van der Waals surface area contributed by atoms with E-state index in [-0.39, 0.29) is 11.7 Å². The number of pyridine rings is 1. The van der Waals surface area contributed by atoms with Gasteiger partial charge in [0.1, 0.15) is 5.01 Å². The third-order valence-electron chi connectivity index (χ3n) is 7.30. The normalized spacial score (nSPS) is 13.8. The van der Waals surface area contributed by atoms with Crippen molar-refractivity contribution in [2.24, 2.45) is 0 Å². The number of aromatic nitrogens is 3. The Labute approximate surface area is 233 Å². The van der Waals surface area contributed by atoms with Crippen molar-refractivity contribution < 1.29 is 9.59 Å². The first kappa shape index (κ1) is 26.7. The monoisotopic (exact) mass is 539 g/mol. The van der Waals surface area contributed by atoms with Crippen LogP contribution < -0.4 is 5.32 Å². The molecule has 1 aliphatic rings. The topological polar surface area (TPSA) is 91.0 Å². The second-order valence-electron chi connectivity index (χ2n) is 9.74. The third-order valence-corrected chi connectivity index (χ3v) is 8.17. The predicted molar refractivity (Wildman–Crippen MR) is 159 cm³/mol. The minimum Gasteiger partial charge on any atom is -0.358 e. The molecule has 7 nitrogen and oxygen atoms in total. The molecule has 0 saturated heterocycles. The van der Waals surface area contributed by atoms with Crippen molar-refractivity contribution in [1.29, 1.82) is 0 Å². The molecule has 0 aliphatic carbocycles. The molecule has 0 fully saturated rings. The number of aryl methyl sites for hydroxylation is 1. The van der Waals surface area contributed by atoms with E-state index in [9.17, 15) is 9.59 Å². The highest BCUT2D eigenvalue weighted by Crippen LogP contribution is 2.38. The fourth-order valence-corrected chi connectivity index (χ4v) is 5.92. The lowest BCUT2D eigenvalue weighted by atomic mass is 9.99. The van der Waals surface area contributed by atoms with Gasteiger partial charge in [0, 0.05) is 51.8 Å². The number of nitrogens with zero attached hydrogens (tertiary/aromatic N) is 3. The molecular formula is C31H33N5O2S. The Bertz CT molecular complexity index is 1550. The molecule has 200 valence electrons. The Hall–Kier alpha value is -3.88. The van der Waals surface area contributed by atoms with E-state index in [1.807, 2.05) is 61.7 Å². The summed E-state index contributed by atoms with van der Waals surface area (Å²) in [6.07, 6.45) is 4.96. The molecule has 4 aromatic rings. The van der Waals surface area contributed by atoms with Gasteiger partial charge in [0.05, 0.1) is 17.0 Å². The van der Waals surface area contributed by atoms with Crippen molar-refractivity contribution in [2.75, 3.05) is 25.0 Å². The standard InChI is InChI=1S/C31H33N5O2S/c1-5-36(6-2)15-9-11-28(37)29-19(3)26(33-20(29)4)17-23-22-16-21(12-13-24(22)34-30(23)38)27-18-39-31(35-27)25-10-7-8-14-32-25/h7-8,10,12-14,16-18,33H,5-6,9,11,15H2,1-4H3,(H,34,38)/b23-17-. The van der Waals surface area contributed by atoms with Gasteiger partial charge < -0.3 is 15.2 Å². The maximum Gasteiger partial charge on any atom is 0.256 e. The van der Waals surface area contributed by atoms with E-state index in [1.165, 1.54) is 0 Å². The summed E-state index contributed by atoms with van der Waals surface area (Å²) >= 11 is 1.54. The molecule has 8 heteroatoms. The van der Waals surface area contributed by atoms with Gasteiger partial charge in [0.2, 0.25) is 0 Å². The number of benzene rings is 1. The van der Waals surface area contributed by atoms with Crippen molar-refractivity contribution in [3.8, 4) is 22.0 Å². The van der Waals surface area contributed by atoms with Gasteiger partial charge in [-0.3, -0.25) is 14.6 Å². The van der Waals surface area contributed by atoms with Gasteiger partial charge in [-0.25, -0.2) is 4.98 Å². The summed E-state index contributed by atoms with van der Waals surface area (Å²) in [6, 6.07) is 11.7. The Morgan fingerprint density at radius 3 is 2.67 bits per heavy atom. The summed E-state index contributed by atoms with van der Waals surface area (Å²) in [6.45, 7) is 11.1. The van der Waals surface area contributed by atoms with E-state index < -0.39 is 0 Å². The molecule has 39 heavy (non-hydrogen) atoms. The van der Waals surface area contributed by atoms with Gasteiger partial charge >= 0.3 is 0 Å². The zero-order valence-electron chi connectivity index (χ0n) is 22.8. The van der Waals surface area contributed by atoms with Gasteiger partial charge in [-0.15, -0.1) is 11.3 Å². The first-order valence-corrected chi connectivity index (χ1v) is 14.3. The summed E-state index contributed by atoms with van der Waals surface area (Å²) < 4.78 is 0. The number of anilines is 1. The molecule has 0 radical (unpaired) electrons. The molecule has 1 aliphatic heterocycles. The Morgan fingerprint density at radius 1 is 1.10 bits per heavy atom. The number of hydrogen-bond acceptors (Lipinski definition) is 6. The summed E-state index contributed by atoms with van der Waals surface area (Å²) in [5.41, 5.74) is 8.00. The van der Waals surface area contributed by atoms with Crippen LogP contribution in [0.5, 0.6) is 0 Å². The molecule has 5 rings (SSSR count). The van der Waals surface area contributed by atoms with Crippen LogP contribution in [0, 0.1) is 13.8 Å². The fraction of sp³-hybridized carbons (Fsp3) is 0.290. The maximum atomic E-state index is 13.1. The molecule has 1 amide bonds. The molecule has 1 aromatic carbocycles. The lowest BCUT2D eigenvalue weighted by Gasteiger charge is -2.17. The summed E-state index contributed by atoms with van der Waals surface area (Å²) in [4.78, 5) is 41.0. The lowest BCUT2D eigenvalue weighted by molar-refractivity contribution is -0.110. The van der Waals surface area contributed by atoms with Crippen LogP contribution in [-0.2, 0) is 4.79 Å². The number of rotatable bonds is 10. The second-order valence-corrected chi connectivity index (χ2v) is 10.6. The van der Waals surface area contributed by atoms with E-state index in [2.05, 4.69) is 34.0 Å². The number of carbonyl (C=O) groups is 2. The van der Waals surface area contributed by atoms with E-state index in [0.29, 0.717) is 12.0 Å². The third kappa shape index (κ3) is 5.48. The van der Waals surface area contributed by atoms with Gasteiger partial charge in [0.15, 0.2) is 5.78 Å². The number of carbonyl (C=O) groups excluding carboxylic acids is 2. The molecular weight excluding hydrogens is 506 g/mol. The van der Waals surface area contributed by atoms with Crippen LogP contribution in [0.2, 0.25) is 0 Å². The van der Waals surface area contributed by atoms with Crippen LogP contribution in [0.3, 0.4) is 0 Å². The summed E-state index contributed by atoms with van der Waals surface area (Å²) in [5.74, 6) is -0.0165. The van der Waals surface area contributed by atoms with E-state index in [0.717, 1.165) is 81.8 Å². The highest BCUT2D eigenvalue weighted by molar-refractivity contribution is 7.13. The van der Waals surface area contributed by atoms with E-state index in [1.54, 1.807) is 17.5 Å². The number of thiazole rings is 1. The first-order chi connectivity index (χ1) is 18.9. The lowest BCUT2D eigenvalue weighted by Crippen LogP contribution is -2.24. The average molecular weight is 540 g/mol. The van der Waals surface area contributed by atoms with E-state index >= 15 is 0 Å². The van der Waals surface area contributed by atoms with Crippen molar-refractivity contribution in [3.63, 3.8) is 0 Å². The summed E-state index contributed by atoms with van der Waals surface area (Å²) in [5, 5.41) is 5.83. The van der Waals surface area contributed by atoms with Crippen molar-refractivity contribution in [3.05, 3.63) is 76.1 Å². The van der Waals surface area contributed by atoms with Gasteiger partial charge in [-0.05, 0) is 75.8 Å². The molecule has 0 bridgehead atoms. The fourth-order valence-electron chi connectivity index (χ4n) is 5.11. The number of Topliss-reactive ketones (excluding diaryl/α,β-unsaturated/α-hetero) is 1. The molecule has 0 spiro atoms. The van der Waals surface area contributed by atoms with Crippen LogP contribution in [0.1, 0.15) is 59.6 Å². The zero-order chi connectivity index (χ0) is 27.5. The number of aromatic amines is 1. The molecule has 0 atom stereocenters. The molecule has 4 heterocycles. The molecule has 0 saturated carbocycles. The van der Waals surface area contributed by atoms with Gasteiger partial charge in [-0.1, -0.05) is 26.0 Å². The number of nitrogens with one attached hydrogen (secondary N) is 2. The number of amides is 1. The van der Waals surface area contributed by atoms with Crippen LogP contribution >= 0.6 is 11.3 Å². The van der Waals surface area contributed by atoms with E-state index in [4.69, 9.17) is 4.98 Å². The van der Waals surface area contributed by atoms with Gasteiger partial charge in [0.25, 0.3) is 5.91 Å². The van der Waals surface area contributed by atoms with Crippen LogP contribution in [-0.4, -0.2) is 51.2 Å². The number of fused-ring (bicyclic) bond motifs is 1. The minimum atomic E-state index is -0.159. The zero-order valence-corrected chi connectivity index (χ0v) is 23.6. The maximum absolute atomic E-state index is 13.1.